The minimum Gasteiger partial charge on any atom is -0.454 e. The van der Waals surface area contributed by atoms with Gasteiger partial charge in [0.15, 0.2) is 5.75 Å². The van der Waals surface area contributed by atoms with Gasteiger partial charge in [0.2, 0.25) is 0 Å². The van der Waals surface area contributed by atoms with Gasteiger partial charge < -0.3 is 19.4 Å². The van der Waals surface area contributed by atoms with Crippen molar-refractivity contribution in [2.75, 3.05) is 18.5 Å². The third kappa shape index (κ3) is 4.09. The average Bonchev–Trinajstić information content (AvgIpc) is 3.52. The first-order valence-electron chi connectivity index (χ1n) is 10.4. The number of aryl methyl sites for hydroxylation is 1. The number of ether oxygens (including phenoxy) is 2. The fraction of sp³-hybridized carbons (Fsp3) is 0.409. The Hall–Kier alpha value is -3.13. The van der Waals surface area contributed by atoms with Crippen molar-refractivity contribution in [1.82, 2.24) is 19.3 Å². The highest BCUT2D eigenvalue weighted by atomic mass is 16.5. The molecule has 0 unspecified atom stereocenters. The fourth-order valence-corrected chi connectivity index (χ4v) is 3.69. The molecule has 1 aliphatic heterocycles. The van der Waals surface area contributed by atoms with E-state index in [9.17, 15) is 4.79 Å². The molecule has 1 saturated carbocycles. The summed E-state index contributed by atoms with van der Waals surface area (Å²) in [6.45, 7) is 1.53. The summed E-state index contributed by atoms with van der Waals surface area (Å²) >= 11 is 0. The minimum atomic E-state index is -0.0824. The second kappa shape index (κ2) is 7.95. The largest absolute Gasteiger partial charge is 0.454 e. The second-order valence-corrected chi connectivity index (χ2v) is 7.94. The Morgan fingerprint density at radius 2 is 2.00 bits per heavy atom. The van der Waals surface area contributed by atoms with Crippen molar-refractivity contribution >= 4 is 11.5 Å². The van der Waals surface area contributed by atoms with Crippen LogP contribution in [0.5, 0.6) is 11.5 Å². The molecule has 30 heavy (non-hydrogen) atoms. The van der Waals surface area contributed by atoms with E-state index in [-0.39, 0.29) is 5.56 Å². The van der Waals surface area contributed by atoms with Crippen molar-refractivity contribution in [1.29, 1.82) is 0 Å². The van der Waals surface area contributed by atoms with Gasteiger partial charge >= 0.3 is 0 Å². The van der Waals surface area contributed by atoms with Gasteiger partial charge in [-0.15, -0.1) is 0 Å². The molecule has 8 heteroatoms. The molecule has 5 rings (SSSR count). The topological polar surface area (TPSA) is 83.2 Å². The Bertz CT molecular complexity index is 1100. The molecule has 1 aliphatic carbocycles. The maximum absolute atomic E-state index is 11.8. The van der Waals surface area contributed by atoms with Crippen LogP contribution in [0.25, 0.3) is 0 Å². The molecule has 1 saturated heterocycles. The summed E-state index contributed by atoms with van der Waals surface area (Å²) in [4.78, 5) is 16.2. The molecule has 0 radical (unpaired) electrons. The summed E-state index contributed by atoms with van der Waals surface area (Å²) in [6, 6.07) is 7.53. The minimum absolute atomic E-state index is 0.0824. The lowest BCUT2D eigenvalue weighted by atomic mass is 9.96. The monoisotopic (exact) mass is 407 g/mol. The lowest BCUT2D eigenvalue weighted by Gasteiger charge is -2.21. The Morgan fingerprint density at radius 1 is 1.17 bits per heavy atom. The van der Waals surface area contributed by atoms with E-state index in [0.717, 1.165) is 37.5 Å². The lowest BCUT2D eigenvalue weighted by Crippen LogP contribution is -2.15. The number of hydrogen-bond acceptors (Lipinski definition) is 6. The van der Waals surface area contributed by atoms with Crippen LogP contribution >= 0.6 is 0 Å². The van der Waals surface area contributed by atoms with Crippen LogP contribution in [-0.2, 0) is 11.8 Å². The van der Waals surface area contributed by atoms with Crippen LogP contribution in [0.15, 0.2) is 47.7 Å². The van der Waals surface area contributed by atoms with Crippen LogP contribution in [0.3, 0.4) is 0 Å². The quantitative estimate of drug-likeness (QED) is 0.670. The molecule has 0 atom stereocenters. The number of aromatic nitrogens is 4. The highest BCUT2D eigenvalue weighted by Gasteiger charge is 2.29. The van der Waals surface area contributed by atoms with Gasteiger partial charge in [0, 0.05) is 56.4 Å². The first kappa shape index (κ1) is 18.9. The number of hydrogen-bond donors (Lipinski definition) is 1. The van der Waals surface area contributed by atoms with E-state index in [1.165, 1.54) is 23.5 Å². The Labute approximate surface area is 174 Å². The molecule has 2 fully saturated rings. The van der Waals surface area contributed by atoms with Gasteiger partial charge in [-0.05, 0) is 37.8 Å². The van der Waals surface area contributed by atoms with Crippen LogP contribution in [-0.4, -0.2) is 32.5 Å². The average molecular weight is 407 g/mol. The number of nitrogens with zero attached hydrogens (tertiary/aromatic N) is 4. The maximum Gasteiger partial charge on any atom is 0.252 e. The Balaban J connectivity index is 1.38. The van der Waals surface area contributed by atoms with E-state index in [0.29, 0.717) is 29.2 Å². The van der Waals surface area contributed by atoms with Gasteiger partial charge in [-0.25, -0.2) is 4.98 Å². The van der Waals surface area contributed by atoms with Crippen LogP contribution in [0.1, 0.15) is 43.3 Å². The van der Waals surface area contributed by atoms with Crippen molar-refractivity contribution in [2.45, 2.75) is 37.6 Å². The summed E-state index contributed by atoms with van der Waals surface area (Å²) in [5.74, 6) is 2.45. The molecule has 3 aromatic heterocycles. The summed E-state index contributed by atoms with van der Waals surface area (Å²) in [5.41, 5.74) is 1.62. The van der Waals surface area contributed by atoms with E-state index in [1.807, 2.05) is 24.4 Å². The van der Waals surface area contributed by atoms with Crippen molar-refractivity contribution in [3.05, 3.63) is 58.9 Å². The predicted molar refractivity (Wildman–Crippen MR) is 113 cm³/mol. The Morgan fingerprint density at radius 3 is 2.77 bits per heavy atom. The van der Waals surface area contributed by atoms with Crippen molar-refractivity contribution < 1.29 is 9.47 Å². The molecule has 0 bridgehead atoms. The first-order chi connectivity index (χ1) is 14.7. The smallest absolute Gasteiger partial charge is 0.252 e. The zero-order valence-corrected chi connectivity index (χ0v) is 17.0. The van der Waals surface area contributed by atoms with Crippen molar-refractivity contribution in [3.63, 3.8) is 0 Å². The van der Waals surface area contributed by atoms with E-state index < -0.39 is 0 Å². The van der Waals surface area contributed by atoms with Gasteiger partial charge in [-0.2, -0.15) is 5.10 Å². The number of rotatable bonds is 6. The van der Waals surface area contributed by atoms with Gasteiger partial charge in [0.25, 0.3) is 5.56 Å². The summed E-state index contributed by atoms with van der Waals surface area (Å²) in [7, 11) is 1.72. The zero-order chi connectivity index (χ0) is 20.5. The van der Waals surface area contributed by atoms with Gasteiger partial charge in [0.1, 0.15) is 17.3 Å². The molecule has 0 spiro atoms. The van der Waals surface area contributed by atoms with Crippen LogP contribution in [0.2, 0.25) is 0 Å². The molecule has 0 amide bonds. The summed E-state index contributed by atoms with van der Waals surface area (Å²) < 4.78 is 15.4. The highest BCUT2D eigenvalue weighted by molar-refractivity contribution is 5.56. The third-order valence-corrected chi connectivity index (χ3v) is 5.59. The van der Waals surface area contributed by atoms with E-state index in [4.69, 9.17) is 14.6 Å². The standard InChI is InChI=1S/C22H25N5O3/c1-26-9-5-16(12-21(26)28)24-20-13-18(4-8-23-20)30-19-14-27(17-2-3-17)25-22(19)15-6-10-29-11-7-15/h4-5,8-9,12-15,17H,2-3,6-7,10-11H2,1H3,(H,23,24). The normalized spacial score (nSPS) is 17.1. The molecular formula is C22H25N5O3. The number of pyridine rings is 2. The van der Waals surface area contributed by atoms with E-state index in [2.05, 4.69) is 15.0 Å². The van der Waals surface area contributed by atoms with Crippen LogP contribution < -0.4 is 15.6 Å². The SMILES string of the molecule is Cn1ccc(Nc2cc(Oc3cn(C4CC4)nc3C3CCOCC3)ccn2)cc1=O. The zero-order valence-electron chi connectivity index (χ0n) is 17.0. The molecule has 3 aromatic rings. The van der Waals surface area contributed by atoms with Crippen LogP contribution in [0.4, 0.5) is 11.5 Å². The summed E-state index contributed by atoms with van der Waals surface area (Å²) in [5, 5.41) is 8.04. The third-order valence-electron chi connectivity index (χ3n) is 5.59. The highest BCUT2D eigenvalue weighted by Crippen LogP contribution is 2.40. The second-order valence-electron chi connectivity index (χ2n) is 7.94. The molecule has 1 N–H and O–H groups in total. The van der Waals surface area contributed by atoms with E-state index in [1.54, 1.807) is 19.4 Å². The van der Waals surface area contributed by atoms with Gasteiger partial charge in [-0.1, -0.05) is 0 Å². The molecule has 0 aromatic carbocycles. The molecule has 4 heterocycles. The molecule has 156 valence electrons. The summed E-state index contributed by atoms with van der Waals surface area (Å²) in [6.07, 6.45) is 9.71. The molecular weight excluding hydrogens is 382 g/mol. The van der Waals surface area contributed by atoms with Gasteiger partial charge in [0.05, 0.1) is 12.2 Å². The van der Waals surface area contributed by atoms with Crippen molar-refractivity contribution in [3.8, 4) is 11.5 Å². The fourth-order valence-electron chi connectivity index (χ4n) is 3.69. The van der Waals surface area contributed by atoms with Crippen molar-refractivity contribution in [2.24, 2.45) is 7.05 Å². The first-order valence-corrected chi connectivity index (χ1v) is 10.4. The predicted octanol–water partition coefficient (Wildman–Crippen LogP) is 3.74. The van der Waals surface area contributed by atoms with Crippen LogP contribution in [0, 0.1) is 0 Å². The molecule has 2 aliphatic rings. The van der Waals surface area contributed by atoms with E-state index >= 15 is 0 Å². The number of anilines is 2. The van der Waals surface area contributed by atoms with Gasteiger partial charge in [-0.3, -0.25) is 9.48 Å². The molecule has 8 nitrogen and oxygen atoms in total. The number of nitrogens with one attached hydrogen (secondary N) is 1. The Kier molecular flexibility index (Phi) is 5.00. The maximum atomic E-state index is 11.8. The lowest BCUT2D eigenvalue weighted by molar-refractivity contribution is 0.0839.